The van der Waals surface area contributed by atoms with Gasteiger partial charge in [0.15, 0.2) is 0 Å². The van der Waals surface area contributed by atoms with Crippen LogP contribution in [-0.4, -0.2) is 53.0 Å². The van der Waals surface area contributed by atoms with Gasteiger partial charge in [-0.1, -0.05) is 37.1 Å². The van der Waals surface area contributed by atoms with Gasteiger partial charge in [0.05, 0.1) is 12.6 Å². The molecular formula is C25H28ClN3O4. The lowest BCUT2D eigenvalue weighted by Gasteiger charge is -2.26. The van der Waals surface area contributed by atoms with Crippen LogP contribution in [-0.2, 0) is 4.74 Å². The second-order valence-electron chi connectivity index (χ2n) is 8.04. The van der Waals surface area contributed by atoms with Crippen LogP contribution in [0.1, 0.15) is 53.8 Å². The number of amides is 1. The second kappa shape index (κ2) is 10.3. The lowest BCUT2D eigenvalue weighted by molar-refractivity contribution is 0.0723. The number of ether oxygens (including phenoxy) is 2. The average molecular weight is 470 g/mol. The molecule has 0 bridgehead atoms. The van der Waals surface area contributed by atoms with Crippen molar-refractivity contribution in [1.82, 2.24) is 15.1 Å². The number of carbonyl (C=O) groups excluding carboxylic acids is 1. The highest BCUT2D eigenvalue weighted by Gasteiger charge is 2.42. The van der Waals surface area contributed by atoms with Crippen LogP contribution in [0, 0.1) is 0 Å². The van der Waals surface area contributed by atoms with Gasteiger partial charge in [0.25, 0.3) is 5.91 Å². The SMILES string of the molecule is CCCCOc1cccc(C2c3c(-c4cc(Cl)ccc4O)n[nH]c3C(=O)N2CCCOC)c1. The highest BCUT2D eigenvalue weighted by molar-refractivity contribution is 6.31. The first-order chi connectivity index (χ1) is 16.0. The molecule has 1 aliphatic rings. The van der Waals surface area contributed by atoms with Crippen molar-refractivity contribution < 1.29 is 19.4 Å². The van der Waals surface area contributed by atoms with E-state index in [2.05, 4.69) is 17.1 Å². The highest BCUT2D eigenvalue weighted by Crippen LogP contribution is 2.45. The summed E-state index contributed by atoms with van der Waals surface area (Å²) in [6, 6.07) is 12.2. The summed E-state index contributed by atoms with van der Waals surface area (Å²) in [4.78, 5) is 15.2. The lowest BCUT2D eigenvalue weighted by atomic mass is 9.95. The highest BCUT2D eigenvalue weighted by atomic mass is 35.5. The van der Waals surface area contributed by atoms with Crippen LogP contribution < -0.4 is 4.74 Å². The fourth-order valence-electron chi connectivity index (χ4n) is 4.17. The number of phenols is 1. The summed E-state index contributed by atoms with van der Waals surface area (Å²) in [6.07, 6.45) is 2.72. The topological polar surface area (TPSA) is 87.7 Å². The van der Waals surface area contributed by atoms with Crippen LogP contribution in [0.5, 0.6) is 11.5 Å². The van der Waals surface area contributed by atoms with Crippen molar-refractivity contribution in [2.45, 2.75) is 32.2 Å². The minimum Gasteiger partial charge on any atom is -0.507 e. The Labute approximate surface area is 198 Å². The quantitative estimate of drug-likeness (QED) is 0.398. The van der Waals surface area contributed by atoms with Crippen molar-refractivity contribution >= 4 is 17.5 Å². The first kappa shape index (κ1) is 23.1. The molecule has 0 spiro atoms. The Bertz CT molecular complexity index is 1130. The summed E-state index contributed by atoms with van der Waals surface area (Å²) >= 11 is 6.20. The Morgan fingerprint density at radius 1 is 1.18 bits per heavy atom. The molecule has 1 aromatic heterocycles. The minimum absolute atomic E-state index is 0.0504. The van der Waals surface area contributed by atoms with E-state index < -0.39 is 0 Å². The number of aromatic nitrogens is 2. The molecule has 1 atom stereocenters. The number of nitrogens with zero attached hydrogens (tertiary/aromatic N) is 2. The molecule has 1 unspecified atom stereocenters. The van der Waals surface area contributed by atoms with Gasteiger partial charge in [-0.25, -0.2) is 0 Å². The first-order valence-electron chi connectivity index (χ1n) is 11.1. The number of rotatable bonds is 10. The third-order valence-corrected chi connectivity index (χ3v) is 6.00. The molecule has 2 heterocycles. The summed E-state index contributed by atoms with van der Waals surface area (Å²) in [7, 11) is 1.65. The zero-order valence-electron chi connectivity index (χ0n) is 18.8. The van der Waals surface area contributed by atoms with E-state index in [0.29, 0.717) is 48.2 Å². The third kappa shape index (κ3) is 4.70. The van der Waals surface area contributed by atoms with Crippen LogP contribution in [0.25, 0.3) is 11.3 Å². The van der Waals surface area contributed by atoms with Crippen LogP contribution in [0.3, 0.4) is 0 Å². The van der Waals surface area contributed by atoms with E-state index in [1.807, 2.05) is 29.2 Å². The average Bonchev–Trinajstić information content (AvgIpc) is 3.35. The zero-order valence-corrected chi connectivity index (χ0v) is 19.6. The fraction of sp³-hybridized carbons (Fsp3) is 0.360. The molecule has 4 rings (SSSR count). The standard InChI is InChI=1S/C25H28ClN3O4/c1-3-4-13-33-18-8-5-7-16(14-18)24-21-22(19-15-17(26)9-10-20(19)30)27-28-23(21)25(31)29(24)11-6-12-32-2/h5,7-10,14-15,24,30H,3-4,6,11-13H2,1-2H3,(H,27,28). The number of halogens is 1. The van der Waals surface area contributed by atoms with Gasteiger partial charge in [0.2, 0.25) is 0 Å². The van der Waals surface area contributed by atoms with Crippen LogP contribution in [0.2, 0.25) is 5.02 Å². The van der Waals surface area contributed by atoms with Crippen molar-refractivity contribution in [3.05, 3.63) is 64.3 Å². The van der Waals surface area contributed by atoms with Gasteiger partial charge in [-0.3, -0.25) is 9.89 Å². The number of hydrogen-bond donors (Lipinski definition) is 2. The smallest absolute Gasteiger partial charge is 0.273 e. The Morgan fingerprint density at radius 3 is 2.82 bits per heavy atom. The van der Waals surface area contributed by atoms with Gasteiger partial charge in [-0.15, -0.1) is 0 Å². The predicted octanol–water partition coefficient (Wildman–Crippen LogP) is 5.20. The van der Waals surface area contributed by atoms with E-state index in [1.54, 1.807) is 19.2 Å². The summed E-state index contributed by atoms with van der Waals surface area (Å²) in [6.45, 7) is 3.82. The Hall–Kier alpha value is -3.03. The molecule has 2 aromatic carbocycles. The number of aromatic amines is 1. The van der Waals surface area contributed by atoms with E-state index in [4.69, 9.17) is 21.1 Å². The van der Waals surface area contributed by atoms with Crippen molar-refractivity contribution in [3.63, 3.8) is 0 Å². The first-order valence-corrected chi connectivity index (χ1v) is 11.5. The number of unbranched alkanes of at least 4 members (excludes halogenated alkanes) is 1. The van der Waals surface area contributed by atoms with Gasteiger partial charge >= 0.3 is 0 Å². The van der Waals surface area contributed by atoms with Crippen molar-refractivity contribution in [3.8, 4) is 22.8 Å². The number of benzene rings is 2. The van der Waals surface area contributed by atoms with Crippen molar-refractivity contribution in [1.29, 1.82) is 0 Å². The largest absolute Gasteiger partial charge is 0.507 e. The van der Waals surface area contributed by atoms with E-state index in [0.717, 1.165) is 29.7 Å². The summed E-state index contributed by atoms with van der Waals surface area (Å²) in [5, 5.41) is 18.3. The minimum atomic E-state index is -0.383. The molecule has 0 radical (unpaired) electrons. The maximum absolute atomic E-state index is 13.4. The molecule has 1 amide bonds. The van der Waals surface area contributed by atoms with Crippen molar-refractivity contribution in [2.24, 2.45) is 0 Å². The van der Waals surface area contributed by atoms with E-state index in [9.17, 15) is 9.90 Å². The number of carbonyl (C=O) groups is 1. The van der Waals surface area contributed by atoms with Gasteiger partial charge in [0.1, 0.15) is 22.9 Å². The Kier molecular flexibility index (Phi) is 7.20. The van der Waals surface area contributed by atoms with E-state index >= 15 is 0 Å². The summed E-state index contributed by atoms with van der Waals surface area (Å²) < 4.78 is 11.1. The molecule has 7 nitrogen and oxygen atoms in total. The molecule has 0 aliphatic carbocycles. The molecule has 3 aromatic rings. The van der Waals surface area contributed by atoms with Crippen LogP contribution >= 0.6 is 11.6 Å². The number of nitrogens with one attached hydrogen (secondary N) is 1. The molecule has 1 aliphatic heterocycles. The van der Waals surface area contributed by atoms with E-state index in [1.165, 1.54) is 6.07 Å². The van der Waals surface area contributed by atoms with Gasteiger partial charge in [-0.05, 0) is 48.7 Å². The maximum atomic E-state index is 13.4. The van der Waals surface area contributed by atoms with Gasteiger partial charge < -0.3 is 19.5 Å². The number of fused-ring (bicyclic) bond motifs is 1. The fourth-order valence-corrected chi connectivity index (χ4v) is 4.34. The summed E-state index contributed by atoms with van der Waals surface area (Å²) in [5.74, 6) is 0.674. The Balaban J connectivity index is 1.79. The molecule has 0 fully saturated rings. The van der Waals surface area contributed by atoms with Crippen LogP contribution in [0.4, 0.5) is 0 Å². The zero-order chi connectivity index (χ0) is 23.4. The van der Waals surface area contributed by atoms with Crippen molar-refractivity contribution in [2.75, 3.05) is 26.9 Å². The number of methoxy groups -OCH3 is 1. The Morgan fingerprint density at radius 2 is 2.03 bits per heavy atom. The number of hydrogen-bond acceptors (Lipinski definition) is 5. The van der Waals surface area contributed by atoms with Gasteiger partial charge in [0, 0.05) is 36.4 Å². The third-order valence-electron chi connectivity index (χ3n) is 5.77. The van der Waals surface area contributed by atoms with Crippen LogP contribution in [0.15, 0.2) is 42.5 Å². The lowest BCUT2D eigenvalue weighted by Crippen LogP contribution is -2.31. The molecule has 0 saturated heterocycles. The molecule has 8 heteroatoms. The normalized spacial score (nSPS) is 15.2. The molecule has 174 valence electrons. The number of phenolic OH excluding ortho intramolecular Hbond substituents is 1. The predicted molar refractivity (Wildman–Crippen MR) is 127 cm³/mol. The number of H-pyrrole nitrogens is 1. The van der Waals surface area contributed by atoms with E-state index in [-0.39, 0.29) is 17.7 Å². The maximum Gasteiger partial charge on any atom is 0.273 e. The molecule has 2 N–H and O–H groups in total. The second-order valence-corrected chi connectivity index (χ2v) is 8.48. The summed E-state index contributed by atoms with van der Waals surface area (Å²) in [5.41, 5.74) is 3.05. The molecule has 0 saturated carbocycles. The monoisotopic (exact) mass is 469 g/mol. The number of aromatic hydroxyl groups is 1. The van der Waals surface area contributed by atoms with Gasteiger partial charge in [-0.2, -0.15) is 5.10 Å². The molecular weight excluding hydrogens is 442 g/mol. The molecule has 33 heavy (non-hydrogen) atoms.